The lowest BCUT2D eigenvalue weighted by atomic mass is 10.3. The Kier molecular flexibility index (Phi) is 4.41. The highest BCUT2D eigenvalue weighted by atomic mass is 32.2. The van der Waals surface area contributed by atoms with E-state index < -0.39 is 15.3 Å². The number of nitrogens with zero attached hydrogens (tertiary/aromatic N) is 1. The van der Waals surface area contributed by atoms with Gasteiger partial charge in [0.05, 0.1) is 4.99 Å². The highest BCUT2D eigenvalue weighted by Crippen LogP contribution is 2.12. The molecule has 0 spiro atoms. The molecule has 1 aromatic heterocycles. The molecule has 0 saturated carbocycles. The van der Waals surface area contributed by atoms with E-state index in [1.54, 1.807) is 32.0 Å². The van der Waals surface area contributed by atoms with Gasteiger partial charge in [-0.15, -0.1) is 0 Å². The number of pyridine rings is 1. The van der Waals surface area contributed by atoms with Crippen molar-refractivity contribution in [1.29, 1.82) is 0 Å². The van der Waals surface area contributed by atoms with Gasteiger partial charge in [-0.1, -0.05) is 25.2 Å². The second-order valence-electron chi connectivity index (χ2n) is 3.61. The van der Waals surface area contributed by atoms with Crippen LogP contribution in [-0.4, -0.2) is 23.6 Å². The van der Waals surface area contributed by atoms with Crippen LogP contribution in [0, 0.1) is 6.92 Å². The molecular weight excluding hydrogens is 258 g/mol. The fourth-order valence-electron chi connectivity index (χ4n) is 1.39. The first kappa shape index (κ1) is 13.9. The van der Waals surface area contributed by atoms with Crippen molar-refractivity contribution in [2.24, 2.45) is 5.73 Å². The predicted molar refractivity (Wildman–Crippen MR) is 72.4 cm³/mol. The summed E-state index contributed by atoms with van der Waals surface area (Å²) in [4.78, 5) is 4.03. The number of nitrogens with one attached hydrogen (secondary N) is 1. The lowest BCUT2D eigenvalue weighted by molar-refractivity contribution is 0.594. The molecule has 1 heterocycles. The van der Waals surface area contributed by atoms with Crippen LogP contribution in [-0.2, 0) is 10.0 Å². The number of sulfonamides is 1. The number of anilines is 1. The Morgan fingerprint density at radius 1 is 1.59 bits per heavy atom. The SMILES string of the molecule is CCC(C(N)=S)S(=O)(=O)Nc1cccc(C)n1. The minimum Gasteiger partial charge on any atom is -0.392 e. The molecule has 1 aromatic rings. The van der Waals surface area contributed by atoms with Gasteiger partial charge in [-0.2, -0.15) is 0 Å². The van der Waals surface area contributed by atoms with Gasteiger partial charge in [0, 0.05) is 5.69 Å². The number of nitrogens with two attached hydrogens (primary N) is 1. The van der Waals surface area contributed by atoms with Gasteiger partial charge in [-0.05, 0) is 25.5 Å². The summed E-state index contributed by atoms with van der Waals surface area (Å²) >= 11 is 4.74. The van der Waals surface area contributed by atoms with Crippen LogP contribution in [0.4, 0.5) is 5.82 Å². The summed E-state index contributed by atoms with van der Waals surface area (Å²) in [7, 11) is -3.62. The minimum absolute atomic E-state index is 0.0346. The zero-order valence-corrected chi connectivity index (χ0v) is 11.3. The number of hydrogen-bond acceptors (Lipinski definition) is 4. The summed E-state index contributed by atoms with van der Waals surface area (Å²) in [5.74, 6) is 0.278. The largest absolute Gasteiger partial charge is 0.392 e. The molecule has 0 bridgehead atoms. The van der Waals surface area contributed by atoms with Gasteiger partial charge in [-0.3, -0.25) is 4.72 Å². The topological polar surface area (TPSA) is 85.1 Å². The van der Waals surface area contributed by atoms with Crippen LogP contribution < -0.4 is 10.5 Å². The van der Waals surface area contributed by atoms with Crippen molar-refractivity contribution in [2.75, 3.05) is 4.72 Å². The Morgan fingerprint density at radius 3 is 2.71 bits per heavy atom. The third kappa shape index (κ3) is 3.64. The van der Waals surface area contributed by atoms with Crippen molar-refractivity contribution in [3.8, 4) is 0 Å². The van der Waals surface area contributed by atoms with Gasteiger partial charge < -0.3 is 5.73 Å². The predicted octanol–water partition coefficient (Wildman–Crippen LogP) is 1.20. The Balaban J connectivity index is 2.97. The molecule has 17 heavy (non-hydrogen) atoms. The van der Waals surface area contributed by atoms with Crippen molar-refractivity contribution in [1.82, 2.24) is 4.98 Å². The van der Waals surface area contributed by atoms with Crippen LogP contribution >= 0.6 is 12.2 Å². The molecule has 3 N–H and O–H groups in total. The van der Waals surface area contributed by atoms with E-state index in [0.29, 0.717) is 6.42 Å². The van der Waals surface area contributed by atoms with E-state index in [2.05, 4.69) is 9.71 Å². The van der Waals surface area contributed by atoms with E-state index in [0.717, 1.165) is 5.69 Å². The van der Waals surface area contributed by atoms with E-state index in [4.69, 9.17) is 18.0 Å². The van der Waals surface area contributed by atoms with Gasteiger partial charge in [0.25, 0.3) is 0 Å². The highest BCUT2D eigenvalue weighted by molar-refractivity contribution is 7.95. The lowest BCUT2D eigenvalue weighted by Gasteiger charge is -2.15. The average Bonchev–Trinajstić information content (AvgIpc) is 2.16. The molecule has 1 unspecified atom stereocenters. The van der Waals surface area contributed by atoms with Crippen LogP contribution in [0.3, 0.4) is 0 Å². The van der Waals surface area contributed by atoms with Crippen molar-refractivity contribution in [3.05, 3.63) is 23.9 Å². The first-order valence-corrected chi connectivity index (χ1v) is 7.07. The molecule has 5 nitrogen and oxygen atoms in total. The zero-order chi connectivity index (χ0) is 13.1. The standard InChI is InChI=1S/C10H15N3O2S2/c1-3-8(10(11)16)17(14,15)13-9-6-4-5-7(2)12-9/h4-6,8H,3H2,1-2H3,(H2,11,16)(H,12,13). The highest BCUT2D eigenvalue weighted by Gasteiger charge is 2.26. The maximum atomic E-state index is 12.0. The number of hydrogen-bond donors (Lipinski definition) is 2. The third-order valence-electron chi connectivity index (χ3n) is 2.20. The molecule has 94 valence electrons. The first-order chi connectivity index (χ1) is 7.86. The van der Waals surface area contributed by atoms with E-state index >= 15 is 0 Å². The number of rotatable bonds is 5. The molecule has 0 amide bonds. The van der Waals surface area contributed by atoms with E-state index in [-0.39, 0.29) is 10.8 Å². The first-order valence-electron chi connectivity index (χ1n) is 5.11. The second-order valence-corrected chi connectivity index (χ2v) is 5.95. The van der Waals surface area contributed by atoms with Gasteiger partial charge in [-0.25, -0.2) is 13.4 Å². The van der Waals surface area contributed by atoms with Gasteiger partial charge >= 0.3 is 0 Å². The van der Waals surface area contributed by atoms with Crippen LogP contribution in [0.25, 0.3) is 0 Å². The zero-order valence-electron chi connectivity index (χ0n) is 9.67. The number of aromatic nitrogens is 1. The number of aryl methyl sites for hydroxylation is 1. The average molecular weight is 273 g/mol. The summed E-state index contributed by atoms with van der Waals surface area (Å²) < 4.78 is 26.3. The normalized spacial score (nSPS) is 13.1. The van der Waals surface area contributed by atoms with Gasteiger partial charge in [0.2, 0.25) is 10.0 Å². The Labute approximate surface area is 106 Å². The molecule has 0 aromatic carbocycles. The molecule has 0 aliphatic rings. The molecule has 1 atom stereocenters. The Morgan fingerprint density at radius 2 is 2.24 bits per heavy atom. The molecular formula is C10H15N3O2S2. The number of thiocarbonyl (C=S) groups is 1. The molecule has 0 saturated heterocycles. The van der Waals surface area contributed by atoms with E-state index in [1.165, 1.54) is 0 Å². The molecule has 0 aliphatic heterocycles. The molecule has 0 radical (unpaired) electrons. The van der Waals surface area contributed by atoms with Crippen molar-refractivity contribution >= 4 is 33.0 Å². The Bertz CT molecular complexity index is 514. The molecule has 0 fully saturated rings. The van der Waals surface area contributed by atoms with Gasteiger partial charge in [0.15, 0.2) is 0 Å². The second kappa shape index (κ2) is 5.42. The monoisotopic (exact) mass is 273 g/mol. The summed E-state index contributed by atoms with van der Waals surface area (Å²) in [6.45, 7) is 3.50. The summed E-state index contributed by atoms with van der Waals surface area (Å²) in [6.07, 6.45) is 0.330. The van der Waals surface area contributed by atoms with Crippen LogP contribution in [0.1, 0.15) is 19.0 Å². The van der Waals surface area contributed by atoms with Gasteiger partial charge in [0.1, 0.15) is 11.1 Å². The molecule has 7 heteroatoms. The fourth-order valence-corrected chi connectivity index (χ4v) is 3.23. The van der Waals surface area contributed by atoms with Crippen molar-refractivity contribution < 1.29 is 8.42 Å². The minimum atomic E-state index is -3.62. The summed E-state index contributed by atoms with van der Waals surface area (Å²) in [6, 6.07) is 5.08. The Hall–Kier alpha value is -1.21. The van der Waals surface area contributed by atoms with E-state index in [1.807, 2.05) is 0 Å². The fraction of sp³-hybridized carbons (Fsp3) is 0.400. The lowest BCUT2D eigenvalue weighted by Crippen LogP contribution is -2.37. The van der Waals surface area contributed by atoms with Crippen molar-refractivity contribution in [2.45, 2.75) is 25.5 Å². The summed E-state index contributed by atoms with van der Waals surface area (Å²) in [5.41, 5.74) is 6.14. The van der Waals surface area contributed by atoms with Crippen LogP contribution in [0.15, 0.2) is 18.2 Å². The smallest absolute Gasteiger partial charge is 0.243 e. The summed E-state index contributed by atoms with van der Waals surface area (Å²) in [5, 5.41) is -0.875. The van der Waals surface area contributed by atoms with Crippen LogP contribution in [0.5, 0.6) is 0 Å². The molecule has 0 aliphatic carbocycles. The maximum Gasteiger partial charge on any atom is 0.243 e. The van der Waals surface area contributed by atoms with Crippen molar-refractivity contribution in [3.63, 3.8) is 0 Å². The third-order valence-corrected chi connectivity index (χ3v) is 4.46. The quantitative estimate of drug-likeness (QED) is 0.787. The van der Waals surface area contributed by atoms with E-state index in [9.17, 15) is 8.42 Å². The maximum absolute atomic E-state index is 12.0. The van der Waals surface area contributed by atoms with Crippen LogP contribution in [0.2, 0.25) is 0 Å². The molecule has 1 rings (SSSR count).